The molecule has 0 aliphatic carbocycles. The monoisotopic (exact) mass is 448 g/mol. The first kappa shape index (κ1) is 21.6. The van der Waals surface area contributed by atoms with Crippen LogP contribution in [0, 0.1) is 0 Å². The minimum absolute atomic E-state index is 0.0909. The van der Waals surface area contributed by atoms with Crippen LogP contribution in [0.3, 0.4) is 0 Å². The number of hydrogen-bond acceptors (Lipinski definition) is 8. The highest BCUT2D eigenvalue weighted by atomic mass is 16.5. The summed E-state index contributed by atoms with van der Waals surface area (Å²) in [5, 5.41) is 13.2. The largest absolute Gasteiger partial charge is 0.497 e. The Morgan fingerprint density at radius 3 is 2.42 bits per heavy atom. The van der Waals surface area contributed by atoms with Crippen LogP contribution in [-0.2, 0) is 11.4 Å². The molecule has 0 bridgehead atoms. The number of carbonyl (C=O) groups is 2. The first-order valence-electron chi connectivity index (χ1n) is 9.92. The quantitative estimate of drug-likeness (QED) is 0.399. The van der Waals surface area contributed by atoms with Crippen molar-refractivity contribution in [1.29, 1.82) is 0 Å². The van der Waals surface area contributed by atoms with E-state index >= 15 is 0 Å². The van der Waals surface area contributed by atoms with E-state index in [0.717, 1.165) is 11.3 Å². The molecule has 0 radical (unpaired) electrons. The standard InChI is InChI=1S/C23H20N4O6/c1-30-17-8-4-15(5-9-17)23-27-26-21(33-23)14-32-18-10-6-16(7-11-18)25-20(28)13-24-22(29)19-3-2-12-31-19/h2-12H,13-14H2,1H3,(H,24,29)(H,25,28). The maximum Gasteiger partial charge on any atom is 0.287 e. The highest BCUT2D eigenvalue weighted by Gasteiger charge is 2.11. The van der Waals surface area contributed by atoms with Crippen LogP contribution in [0.15, 0.2) is 75.8 Å². The molecule has 2 amide bonds. The fourth-order valence-corrected chi connectivity index (χ4v) is 2.80. The lowest BCUT2D eigenvalue weighted by molar-refractivity contribution is -0.115. The van der Waals surface area contributed by atoms with Gasteiger partial charge in [-0.15, -0.1) is 10.2 Å². The van der Waals surface area contributed by atoms with Crippen molar-refractivity contribution in [1.82, 2.24) is 15.5 Å². The van der Waals surface area contributed by atoms with Gasteiger partial charge in [-0.2, -0.15) is 0 Å². The summed E-state index contributed by atoms with van der Waals surface area (Å²) in [7, 11) is 1.60. The van der Waals surface area contributed by atoms with Gasteiger partial charge >= 0.3 is 0 Å². The Bertz CT molecular complexity index is 1200. The highest BCUT2D eigenvalue weighted by Crippen LogP contribution is 2.22. The van der Waals surface area contributed by atoms with Crippen LogP contribution in [0.1, 0.15) is 16.4 Å². The van der Waals surface area contributed by atoms with E-state index in [0.29, 0.717) is 23.2 Å². The van der Waals surface area contributed by atoms with E-state index in [1.807, 2.05) is 24.3 Å². The van der Waals surface area contributed by atoms with Gasteiger partial charge in [-0.05, 0) is 60.7 Å². The number of rotatable bonds is 9. The van der Waals surface area contributed by atoms with E-state index in [9.17, 15) is 9.59 Å². The molecule has 10 nitrogen and oxygen atoms in total. The van der Waals surface area contributed by atoms with Gasteiger partial charge in [0.1, 0.15) is 11.5 Å². The fourth-order valence-electron chi connectivity index (χ4n) is 2.80. The Morgan fingerprint density at radius 2 is 1.73 bits per heavy atom. The van der Waals surface area contributed by atoms with E-state index < -0.39 is 5.91 Å². The lowest BCUT2D eigenvalue weighted by atomic mass is 10.2. The first-order chi connectivity index (χ1) is 16.1. The molecule has 0 aliphatic rings. The van der Waals surface area contributed by atoms with Gasteiger partial charge in [0.2, 0.25) is 11.8 Å². The zero-order valence-corrected chi connectivity index (χ0v) is 17.6. The second-order valence-corrected chi connectivity index (χ2v) is 6.75. The number of ether oxygens (including phenoxy) is 2. The van der Waals surface area contributed by atoms with Gasteiger partial charge < -0.3 is 28.9 Å². The minimum atomic E-state index is -0.463. The molecule has 0 atom stereocenters. The SMILES string of the molecule is COc1ccc(-c2nnc(COc3ccc(NC(=O)CNC(=O)c4ccco4)cc3)o2)cc1. The van der Waals surface area contributed by atoms with Crippen LogP contribution < -0.4 is 20.1 Å². The summed E-state index contributed by atoms with van der Waals surface area (Å²) in [5.74, 6) is 1.31. The summed E-state index contributed by atoms with van der Waals surface area (Å²) < 4.78 is 21.4. The van der Waals surface area contributed by atoms with Crippen molar-refractivity contribution in [2.24, 2.45) is 0 Å². The number of anilines is 1. The number of hydrogen-bond donors (Lipinski definition) is 2. The van der Waals surface area contributed by atoms with E-state index in [2.05, 4.69) is 20.8 Å². The number of nitrogens with zero attached hydrogens (tertiary/aromatic N) is 2. The lowest BCUT2D eigenvalue weighted by Gasteiger charge is -2.08. The maximum absolute atomic E-state index is 12.0. The van der Waals surface area contributed by atoms with Crippen LogP contribution in [-0.4, -0.2) is 35.7 Å². The van der Waals surface area contributed by atoms with Crippen molar-refractivity contribution in [2.75, 3.05) is 19.0 Å². The van der Waals surface area contributed by atoms with Gasteiger partial charge in [-0.1, -0.05) is 0 Å². The van der Waals surface area contributed by atoms with Crippen LogP contribution in [0.5, 0.6) is 11.5 Å². The van der Waals surface area contributed by atoms with E-state index in [1.165, 1.54) is 12.3 Å². The molecule has 4 rings (SSSR count). The molecule has 168 valence electrons. The highest BCUT2D eigenvalue weighted by molar-refractivity contribution is 5.98. The van der Waals surface area contributed by atoms with Crippen molar-refractivity contribution in [3.8, 4) is 23.0 Å². The Balaban J connectivity index is 1.24. The molecule has 0 saturated heterocycles. The summed E-state index contributed by atoms with van der Waals surface area (Å²) in [6.45, 7) is -0.0981. The third kappa shape index (κ3) is 5.76. The number of carbonyl (C=O) groups excluding carboxylic acids is 2. The van der Waals surface area contributed by atoms with Crippen LogP contribution >= 0.6 is 0 Å². The predicted octanol–water partition coefficient (Wildman–Crippen LogP) is 3.29. The van der Waals surface area contributed by atoms with Crippen LogP contribution in [0.4, 0.5) is 5.69 Å². The minimum Gasteiger partial charge on any atom is -0.497 e. The number of benzene rings is 2. The summed E-state index contributed by atoms with van der Waals surface area (Å²) in [5.41, 5.74) is 1.33. The van der Waals surface area contributed by atoms with Crippen LogP contribution in [0.2, 0.25) is 0 Å². The van der Waals surface area contributed by atoms with E-state index in [1.54, 1.807) is 37.4 Å². The summed E-state index contributed by atoms with van der Waals surface area (Å²) in [6, 6.07) is 17.1. The Morgan fingerprint density at radius 1 is 0.970 bits per heavy atom. The molecule has 4 aromatic rings. The number of nitrogens with one attached hydrogen (secondary N) is 2. The second-order valence-electron chi connectivity index (χ2n) is 6.75. The molecule has 33 heavy (non-hydrogen) atoms. The predicted molar refractivity (Wildman–Crippen MR) is 117 cm³/mol. The zero-order chi connectivity index (χ0) is 23.0. The van der Waals surface area contributed by atoms with Gasteiger partial charge in [0.25, 0.3) is 11.8 Å². The molecule has 0 unspecified atom stereocenters. The average Bonchev–Trinajstić information content (AvgIpc) is 3.55. The number of amides is 2. The topological polar surface area (TPSA) is 129 Å². The van der Waals surface area contributed by atoms with Crippen molar-refractivity contribution >= 4 is 17.5 Å². The third-order valence-electron chi connectivity index (χ3n) is 4.46. The fraction of sp³-hybridized carbons (Fsp3) is 0.130. The van der Waals surface area contributed by atoms with Crippen LogP contribution in [0.25, 0.3) is 11.5 Å². The molecule has 0 saturated carbocycles. The average molecular weight is 448 g/mol. The van der Waals surface area contributed by atoms with E-state index in [-0.39, 0.29) is 24.8 Å². The summed E-state index contributed by atoms with van der Waals surface area (Å²) in [6.07, 6.45) is 1.39. The van der Waals surface area contributed by atoms with Gasteiger partial charge in [0, 0.05) is 11.3 Å². The normalized spacial score (nSPS) is 10.5. The molecule has 0 spiro atoms. The smallest absolute Gasteiger partial charge is 0.287 e. The van der Waals surface area contributed by atoms with Gasteiger partial charge in [0.15, 0.2) is 12.4 Å². The molecule has 0 aliphatic heterocycles. The molecule has 0 fully saturated rings. The molecule has 2 aromatic heterocycles. The van der Waals surface area contributed by atoms with Gasteiger partial charge in [-0.25, -0.2) is 0 Å². The second kappa shape index (κ2) is 10.1. The summed E-state index contributed by atoms with van der Waals surface area (Å²) >= 11 is 0. The van der Waals surface area contributed by atoms with Gasteiger partial charge in [0.05, 0.1) is 19.9 Å². The lowest BCUT2D eigenvalue weighted by Crippen LogP contribution is -2.32. The van der Waals surface area contributed by atoms with Gasteiger partial charge in [-0.3, -0.25) is 9.59 Å². The van der Waals surface area contributed by atoms with Crippen molar-refractivity contribution in [3.05, 3.63) is 78.6 Å². The molecule has 10 heteroatoms. The van der Waals surface area contributed by atoms with E-state index in [4.69, 9.17) is 18.3 Å². The zero-order valence-electron chi connectivity index (χ0n) is 17.6. The van der Waals surface area contributed by atoms with Crippen molar-refractivity contribution < 1.29 is 27.9 Å². The molecular weight excluding hydrogens is 428 g/mol. The molecular formula is C23H20N4O6. The molecule has 2 aromatic carbocycles. The Labute approximate surface area is 188 Å². The third-order valence-corrected chi connectivity index (χ3v) is 4.46. The molecule has 2 heterocycles. The Kier molecular flexibility index (Phi) is 6.64. The molecule has 2 N–H and O–H groups in total. The van der Waals surface area contributed by atoms with Crippen molar-refractivity contribution in [2.45, 2.75) is 6.61 Å². The maximum atomic E-state index is 12.0. The number of methoxy groups -OCH3 is 1. The number of aromatic nitrogens is 2. The number of furan rings is 1. The summed E-state index contributed by atoms with van der Waals surface area (Å²) in [4.78, 5) is 23.8. The first-order valence-corrected chi connectivity index (χ1v) is 9.92. The Hall–Kier alpha value is -4.60. The van der Waals surface area contributed by atoms with Crippen molar-refractivity contribution in [3.63, 3.8) is 0 Å².